The van der Waals surface area contributed by atoms with Crippen molar-refractivity contribution in [2.45, 2.75) is 26.4 Å². The molecule has 1 aliphatic heterocycles. The molecule has 0 bridgehead atoms. The van der Waals surface area contributed by atoms with Crippen LogP contribution in [-0.4, -0.2) is 28.5 Å². The third-order valence-corrected chi connectivity index (χ3v) is 3.84. The summed E-state index contributed by atoms with van der Waals surface area (Å²) >= 11 is 0. The van der Waals surface area contributed by atoms with Crippen LogP contribution in [0.5, 0.6) is 0 Å². The van der Waals surface area contributed by atoms with Crippen molar-refractivity contribution >= 4 is 0 Å². The topological polar surface area (TPSA) is 55.0 Å². The summed E-state index contributed by atoms with van der Waals surface area (Å²) in [5, 5.41) is 0. The molecule has 0 atom stereocenters. The number of nitrogens with zero attached hydrogens (tertiary/aromatic N) is 3. The molecule has 1 aromatic carbocycles. The average molecular weight is 268 g/mol. The Morgan fingerprint density at radius 3 is 2.65 bits per heavy atom. The van der Waals surface area contributed by atoms with Crippen LogP contribution in [0.3, 0.4) is 0 Å². The molecule has 0 unspecified atom stereocenters. The van der Waals surface area contributed by atoms with Gasteiger partial charge in [-0.1, -0.05) is 29.8 Å². The zero-order valence-electron chi connectivity index (χ0n) is 12.1. The molecule has 0 amide bonds. The predicted molar refractivity (Wildman–Crippen MR) is 80.1 cm³/mol. The zero-order valence-corrected chi connectivity index (χ0v) is 12.1. The van der Waals surface area contributed by atoms with Gasteiger partial charge < -0.3 is 10.6 Å². The van der Waals surface area contributed by atoms with E-state index in [1.807, 2.05) is 0 Å². The summed E-state index contributed by atoms with van der Waals surface area (Å²) in [6, 6.07) is 8.33. The van der Waals surface area contributed by atoms with Crippen molar-refractivity contribution in [2.24, 2.45) is 5.73 Å². The molecular formula is C16H20N4. The molecule has 2 aromatic rings. The highest BCUT2D eigenvalue weighted by Crippen LogP contribution is 2.23. The molecule has 4 heteroatoms. The molecule has 0 saturated carbocycles. The number of hydrogen-bond acceptors (Lipinski definition) is 4. The van der Waals surface area contributed by atoms with Gasteiger partial charge in [-0.25, -0.2) is 9.97 Å². The van der Waals surface area contributed by atoms with Crippen molar-refractivity contribution in [2.75, 3.05) is 13.6 Å². The quantitative estimate of drug-likeness (QED) is 0.904. The molecule has 0 saturated heterocycles. The third kappa shape index (κ3) is 2.44. The molecule has 20 heavy (non-hydrogen) atoms. The molecule has 0 radical (unpaired) electrons. The highest BCUT2D eigenvalue weighted by atomic mass is 15.1. The van der Waals surface area contributed by atoms with E-state index in [0.717, 1.165) is 42.3 Å². The summed E-state index contributed by atoms with van der Waals surface area (Å²) in [6.45, 7) is 4.49. The second-order valence-corrected chi connectivity index (χ2v) is 5.48. The van der Waals surface area contributed by atoms with E-state index in [1.54, 1.807) is 0 Å². The van der Waals surface area contributed by atoms with Gasteiger partial charge in [-0.05, 0) is 14.0 Å². The lowest BCUT2D eigenvalue weighted by Gasteiger charge is -2.26. The van der Waals surface area contributed by atoms with E-state index in [0.29, 0.717) is 6.54 Å². The summed E-state index contributed by atoms with van der Waals surface area (Å²) in [6.07, 6.45) is 0.972. The van der Waals surface area contributed by atoms with Crippen molar-refractivity contribution in [3.05, 3.63) is 46.8 Å². The van der Waals surface area contributed by atoms with E-state index in [1.165, 1.54) is 11.1 Å². The van der Waals surface area contributed by atoms with Gasteiger partial charge in [-0.15, -0.1) is 0 Å². The van der Waals surface area contributed by atoms with Crippen LogP contribution in [0.1, 0.15) is 22.5 Å². The number of benzene rings is 1. The van der Waals surface area contributed by atoms with Crippen LogP contribution < -0.4 is 5.73 Å². The van der Waals surface area contributed by atoms with Gasteiger partial charge in [0.1, 0.15) is 0 Å². The van der Waals surface area contributed by atoms with Crippen molar-refractivity contribution in [3.63, 3.8) is 0 Å². The normalized spacial score (nSPS) is 15.2. The maximum absolute atomic E-state index is 5.88. The number of fused-ring (bicyclic) bond motifs is 1. The second-order valence-electron chi connectivity index (χ2n) is 5.48. The van der Waals surface area contributed by atoms with Gasteiger partial charge in [0.15, 0.2) is 5.82 Å². The minimum absolute atomic E-state index is 0.470. The maximum atomic E-state index is 5.88. The average Bonchev–Trinajstić information content (AvgIpc) is 2.47. The summed E-state index contributed by atoms with van der Waals surface area (Å²) in [4.78, 5) is 11.7. The summed E-state index contributed by atoms with van der Waals surface area (Å²) < 4.78 is 0. The largest absolute Gasteiger partial charge is 0.325 e. The number of nitrogens with two attached hydrogens (primary N) is 1. The molecule has 0 spiro atoms. The molecule has 4 nitrogen and oxygen atoms in total. The van der Waals surface area contributed by atoms with E-state index in [-0.39, 0.29) is 0 Å². The standard InChI is InChI=1S/C16H20N4/c1-11-3-5-12(6-4-11)16-18-14-7-8-20(2)10-13(14)15(9-17)19-16/h3-6H,7-10,17H2,1-2H3. The van der Waals surface area contributed by atoms with Crippen molar-refractivity contribution in [3.8, 4) is 11.4 Å². The first-order valence-electron chi connectivity index (χ1n) is 7.01. The highest BCUT2D eigenvalue weighted by molar-refractivity contribution is 5.56. The van der Waals surface area contributed by atoms with Gasteiger partial charge in [0, 0.05) is 37.2 Å². The van der Waals surface area contributed by atoms with Crippen LogP contribution in [0.2, 0.25) is 0 Å². The van der Waals surface area contributed by atoms with Gasteiger partial charge in [-0.3, -0.25) is 0 Å². The predicted octanol–water partition coefficient (Wildman–Crippen LogP) is 1.90. The van der Waals surface area contributed by atoms with Crippen molar-refractivity contribution in [1.29, 1.82) is 0 Å². The molecule has 0 aliphatic carbocycles. The molecule has 2 N–H and O–H groups in total. The first-order valence-corrected chi connectivity index (χ1v) is 7.01. The molecule has 0 fully saturated rings. The fraction of sp³-hybridized carbons (Fsp3) is 0.375. The Balaban J connectivity index is 2.07. The number of aromatic nitrogens is 2. The molecular weight excluding hydrogens is 248 g/mol. The number of likely N-dealkylation sites (N-methyl/N-ethyl adjacent to an activating group) is 1. The van der Waals surface area contributed by atoms with Crippen LogP contribution in [0.4, 0.5) is 0 Å². The lowest BCUT2D eigenvalue weighted by molar-refractivity contribution is 0.307. The fourth-order valence-electron chi connectivity index (χ4n) is 2.62. The van der Waals surface area contributed by atoms with Crippen LogP contribution in [0.25, 0.3) is 11.4 Å². The number of aryl methyl sites for hydroxylation is 1. The van der Waals surface area contributed by atoms with E-state index >= 15 is 0 Å². The van der Waals surface area contributed by atoms with Gasteiger partial charge in [0.2, 0.25) is 0 Å². The Hall–Kier alpha value is -1.78. The Morgan fingerprint density at radius 2 is 1.95 bits per heavy atom. The van der Waals surface area contributed by atoms with E-state index < -0.39 is 0 Å². The van der Waals surface area contributed by atoms with Gasteiger partial charge in [0.05, 0.1) is 11.4 Å². The maximum Gasteiger partial charge on any atom is 0.159 e. The molecule has 1 aliphatic rings. The number of rotatable bonds is 2. The Kier molecular flexibility index (Phi) is 3.51. The Bertz CT molecular complexity index is 602. The fourth-order valence-corrected chi connectivity index (χ4v) is 2.62. The lowest BCUT2D eigenvalue weighted by Crippen LogP contribution is -2.29. The summed E-state index contributed by atoms with van der Waals surface area (Å²) in [5.41, 5.74) is 11.6. The minimum Gasteiger partial charge on any atom is -0.325 e. The monoisotopic (exact) mass is 268 g/mol. The minimum atomic E-state index is 0.470. The van der Waals surface area contributed by atoms with Gasteiger partial charge >= 0.3 is 0 Å². The molecule has 2 heterocycles. The van der Waals surface area contributed by atoms with Crippen molar-refractivity contribution < 1.29 is 0 Å². The number of hydrogen-bond donors (Lipinski definition) is 1. The van der Waals surface area contributed by atoms with Crippen LogP contribution in [0.15, 0.2) is 24.3 Å². The lowest BCUT2D eigenvalue weighted by atomic mass is 10.0. The SMILES string of the molecule is Cc1ccc(-c2nc(CN)c3c(n2)CCN(C)C3)cc1. The van der Waals surface area contributed by atoms with Gasteiger partial charge in [-0.2, -0.15) is 0 Å². The van der Waals surface area contributed by atoms with E-state index in [4.69, 9.17) is 10.7 Å². The Morgan fingerprint density at radius 1 is 1.20 bits per heavy atom. The smallest absolute Gasteiger partial charge is 0.159 e. The van der Waals surface area contributed by atoms with Crippen molar-refractivity contribution in [1.82, 2.24) is 14.9 Å². The van der Waals surface area contributed by atoms with Crippen LogP contribution in [0, 0.1) is 6.92 Å². The van der Waals surface area contributed by atoms with E-state index in [2.05, 4.69) is 48.1 Å². The first kappa shape index (κ1) is 13.2. The molecule has 3 rings (SSSR count). The summed E-state index contributed by atoms with van der Waals surface area (Å²) in [5.74, 6) is 0.800. The molecule has 104 valence electrons. The van der Waals surface area contributed by atoms with Crippen LogP contribution in [-0.2, 0) is 19.5 Å². The Labute approximate surface area is 119 Å². The van der Waals surface area contributed by atoms with Crippen LogP contribution >= 0.6 is 0 Å². The van der Waals surface area contributed by atoms with Gasteiger partial charge in [0.25, 0.3) is 0 Å². The second kappa shape index (κ2) is 5.31. The molecule has 1 aromatic heterocycles. The third-order valence-electron chi connectivity index (χ3n) is 3.84. The zero-order chi connectivity index (χ0) is 14.1. The highest BCUT2D eigenvalue weighted by Gasteiger charge is 2.20. The van der Waals surface area contributed by atoms with E-state index in [9.17, 15) is 0 Å². The summed E-state index contributed by atoms with van der Waals surface area (Å²) in [7, 11) is 2.12. The first-order chi connectivity index (χ1) is 9.67.